The van der Waals surface area contributed by atoms with Gasteiger partial charge in [-0.3, -0.25) is 10.1 Å². The molecule has 6 nitrogen and oxygen atoms in total. The molecule has 1 unspecified atom stereocenters. The first-order valence-electron chi connectivity index (χ1n) is 10.2. The van der Waals surface area contributed by atoms with Gasteiger partial charge in [0.2, 0.25) is 5.95 Å². The summed E-state index contributed by atoms with van der Waals surface area (Å²) in [5.41, 5.74) is 4.51. The van der Waals surface area contributed by atoms with Crippen molar-refractivity contribution in [1.29, 1.82) is 0 Å². The molecular formula is C25H20ClN5O. The quantitative estimate of drug-likeness (QED) is 0.435. The Morgan fingerprint density at radius 2 is 1.81 bits per heavy atom. The van der Waals surface area contributed by atoms with E-state index in [0.717, 1.165) is 22.4 Å². The normalized spacial score (nSPS) is 14.8. The standard InChI is InChI=1S/C25H20ClN5O/c1-16-6-5-9-19(14-16)23(32)28-24-29-25-27-21(17-10-12-20(26)13-11-17)15-22(31(25)30-24)18-7-3-2-4-8-18/h2-15,22H,1H3,(H2,27,28,29,30,32). The SMILES string of the molecule is Cc1cccc(C(=O)Nc2nc3n(n2)C(c2ccccc2)C=C(c2ccc(Cl)cc2)N3)c1. The molecule has 7 heteroatoms. The molecule has 0 spiro atoms. The Morgan fingerprint density at radius 1 is 1.03 bits per heavy atom. The number of carbonyl (C=O) groups is 1. The van der Waals surface area contributed by atoms with E-state index in [1.165, 1.54) is 0 Å². The Morgan fingerprint density at radius 3 is 2.56 bits per heavy atom. The molecular weight excluding hydrogens is 422 g/mol. The molecule has 0 radical (unpaired) electrons. The van der Waals surface area contributed by atoms with Crippen molar-refractivity contribution >= 4 is 35.1 Å². The average molecular weight is 442 g/mol. The Bertz CT molecular complexity index is 1310. The number of amides is 1. The molecule has 4 aromatic rings. The van der Waals surface area contributed by atoms with Gasteiger partial charge >= 0.3 is 0 Å². The van der Waals surface area contributed by atoms with Crippen molar-refractivity contribution < 1.29 is 4.79 Å². The van der Waals surface area contributed by atoms with Crippen molar-refractivity contribution in [2.75, 3.05) is 10.6 Å². The Hall–Kier alpha value is -3.90. The summed E-state index contributed by atoms with van der Waals surface area (Å²) < 4.78 is 1.78. The zero-order chi connectivity index (χ0) is 22.1. The zero-order valence-corrected chi connectivity index (χ0v) is 18.0. The highest BCUT2D eigenvalue weighted by Gasteiger charge is 2.26. The van der Waals surface area contributed by atoms with Crippen LogP contribution in [0.25, 0.3) is 5.70 Å². The first-order valence-corrected chi connectivity index (χ1v) is 10.6. The second-order valence-corrected chi connectivity index (χ2v) is 8.03. The van der Waals surface area contributed by atoms with Crippen molar-refractivity contribution in [3.05, 3.63) is 112 Å². The van der Waals surface area contributed by atoms with Crippen molar-refractivity contribution in [3.8, 4) is 0 Å². The number of anilines is 2. The van der Waals surface area contributed by atoms with Crippen LogP contribution in [0, 0.1) is 6.92 Å². The summed E-state index contributed by atoms with van der Waals surface area (Å²) in [5, 5.41) is 11.4. The van der Waals surface area contributed by atoms with E-state index >= 15 is 0 Å². The number of carbonyl (C=O) groups excluding carboxylic acids is 1. The molecule has 1 atom stereocenters. The summed E-state index contributed by atoms with van der Waals surface area (Å²) in [4.78, 5) is 17.3. The number of benzene rings is 3. The number of nitrogens with zero attached hydrogens (tertiary/aromatic N) is 3. The third kappa shape index (κ3) is 4.00. The number of fused-ring (bicyclic) bond motifs is 1. The van der Waals surface area contributed by atoms with Gasteiger partial charge in [-0.25, -0.2) is 4.68 Å². The summed E-state index contributed by atoms with van der Waals surface area (Å²) in [5.74, 6) is 0.537. The van der Waals surface area contributed by atoms with Gasteiger partial charge < -0.3 is 5.32 Å². The van der Waals surface area contributed by atoms with E-state index < -0.39 is 0 Å². The molecule has 0 saturated carbocycles. The van der Waals surface area contributed by atoms with Gasteiger partial charge in [-0.05, 0) is 48.4 Å². The summed E-state index contributed by atoms with van der Waals surface area (Å²) >= 11 is 6.06. The molecule has 1 aliphatic rings. The molecule has 2 heterocycles. The fraction of sp³-hybridized carbons (Fsp3) is 0.0800. The van der Waals surface area contributed by atoms with Crippen molar-refractivity contribution in [2.45, 2.75) is 13.0 Å². The predicted molar refractivity (Wildman–Crippen MR) is 127 cm³/mol. The van der Waals surface area contributed by atoms with E-state index in [-0.39, 0.29) is 17.9 Å². The maximum absolute atomic E-state index is 12.7. The van der Waals surface area contributed by atoms with E-state index in [2.05, 4.69) is 26.8 Å². The van der Waals surface area contributed by atoms with E-state index in [4.69, 9.17) is 11.6 Å². The van der Waals surface area contributed by atoms with Crippen LogP contribution in [0.15, 0.2) is 84.9 Å². The minimum Gasteiger partial charge on any atom is -0.324 e. The van der Waals surface area contributed by atoms with E-state index in [9.17, 15) is 4.79 Å². The minimum atomic E-state index is -0.251. The third-order valence-corrected chi connectivity index (χ3v) is 5.52. The lowest BCUT2D eigenvalue weighted by atomic mass is 10.0. The molecule has 32 heavy (non-hydrogen) atoms. The van der Waals surface area contributed by atoms with Crippen molar-refractivity contribution in [1.82, 2.24) is 14.8 Å². The van der Waals surface area contributed by atoms with Gasteiger partial charge in [0, 0.05) is 16.3 Å². The maximum Gasteiger partial charge on any atom is 0.258 e. The summed E-state index contributed by atoms with van der Waals surface area (Å²) in [6.07, 6.45) is 2.09. The molecule has 0 aliphatic carbocycles. The third-order valence-electron chi connectivity index (χ3n) is 5.27. The van der Waals surface area contributed by atoms with Crippen LogP contribution < -0.4 is 10.6 Å². The van der Waals surface area contributed by atoms with E-state index in [1.54, 1.807) is 10.7 Å². The summed E-state index contributed by atoms with van der Waals surface area (Å²) in [7, 11) is 0. The smallest absolute Gasteiger partial charge is 0.258 e. The molecule has 1 aromatic heterocycles. The fourth-order valence-electron chi connectivity index (χ4n) is 3.69. The van der Waals surface area contributed by atoms with E-state index in [1.807, 2.05) is 79.7 Å². The monoisotopic (exact) mass is 441 g/mol. The summed E-state index contributed by atoms with van der Waals surface area (Å²) in [6.45, 7) is 1.95. The van der Waals surface area contributed by atoms with Gasteiger partial charge in [-0.15, -0.1) is 5.10 Å². The highest BCUT2D eigenvalue weighted by Crippen LogP contribution is 2.33. The first kappa shape index (κ1) is 20.0. The van der Waals surface area contributed by atoms with Crippen molar-refractivity contribution in [2.24, 2.45) is 0 Å². The molecule has 158 valence electrons. The lowest BCUT2D eigenvalue weighted by molar-refractivity contribution is 0.102. The highest BCUT2D eigenvalue weighted by atomic mass is 35.5. The Kier molecular flexibility index (Phi) is 5.21. The average Bonchev–Trinajstić information content (AvgIpc) is 3.21. The maximum atomic E-state index is 12.7. The number of rotatable bonds is 4. The topological polar surface area (TPSA) is 71.8 Å². The fourth-order valence-corrected chi connectivity index (χ4v) is 3.82. The number of allylic oxidation sites excluding steroid dienone is 1. The van der Waals surface area contributed by atoms with Gasteiger partial charge in [0.05, 0.1) is 0 Å². The Balaban J connectivity index is 1.50. The molecule has 1 aliphatic heterocycles. The van der Waals surface area contributed by atoms with Crippen LogP contribution in [0.4, 0.5) is 11.9 Å². The van der Waals surface area contributed by atoms with Gasteiger partial charge in [-0.2, -0.15) is 4.98 Å². The largest absolute Gasteiger partial charge is 0.324 e. The lowest BCUT2D eigenvalue weighted by Gasteiger charge is -2.24. The number of aryl methyl sites for hydroxylation is 1. The first-order chi connectivity index (χ1) is 15.6. The van der Waals surface area contributed by atoms with Gasteiger partial charge in [-0.1, -0.05) is 71.8 Å². The van der Waals surface area contributed by atoms with E-state index in [0.29, 0.717) is 16.5 Å². The van der Waals surface area contributed by atoms with Crippen LogP contribution in [0.3, 0.4) is 0 Å². The number of aromatic nitrogens is 3. The highest BCUT2D eigenvalue weighted by molar-refractivity contribution is 6.30. The zero-order valence-electron chi connectivity index (χ0n) is 17.3. The molecule has 3 aromatic carbocycles. The second-order valence-electron chi connectivity index (χ2n) is 7.59. The van der Waals surface area contributed by atoms with Crippen LogP contribution in [-0.2, 0) is 0 Å². The number of hydrogen-bond donors (Lipinski definition) is 2. The molecule has 2 N–H and O–H groups in total. The number of nitrogens with one attached hydrogen (secondary N) is 2. The molecule has 5 rings (SSSR count). The van der Waals surface area contributed by atoms with Crippen LogP contribution in [0.5, 0.6) is 0 Å². The van der Waals surface area contributed by atoms with Gasteiger partial charge in [0.1, 0.15) is 6.04 Å². The molecule has 0 bridgehead atoms. The van der Waals surface area contributed by atoms with Crippen LogP contribution >= 0.6 is 11.6 Å². The van der Waals surface area contributed by atoms with Crippen LogP contribution in [0.2, 0.25) is 5.02 Å². The van der Waals surface area contributed by atoms with Crippen molar-refractivity contribution in [3.63, 3.8) is 0 Å². The van der Waals surface area contributed by atoms with Crippen LogP contribution in [-0.4, -0.2) is 20.7 Å². The summed E-state index contributed by atoms with van der Waals surface area (Å²) in [6, 6.07) is 24.9. The minimum absolute atomic E-state index is 0.185. The lowest BCUT2D eigenvalue weighted by Crippen LogP contribution is -2.20. The van der Waals surface area contributed by atoms with Gasteiger partial charge in [0.15, 0.2) is 0 Å². The predicted octanol–water partition coefficient (Wildman–Crippen LogP) is 5.55. The molecule has 1 amide bonds. The molecule has 0 fully saturated rings. The second kappa shape index (κ2) is 8.32. The molecule has 0 saturated heterocycles. The van der Waals surface area contributed by atoms with Crippen LogP contribution in [0.1, 0.15) is 33.1 Å². The number of hydrogen-bond acceptors (Lipinski definition) is 4. The van der Waals surface area contributed by atoms with Gasteiger partial charge in [0.25, 0.3) is 11.9 Å². The number of halogens is 1. The Labute approximate surface area is 190 Å².